The molecule has 0 radical (unpaired) electrons. The second-order valence-corrected chi connectivity index (χ2v) is 8.40. The lowest BCUT2D eigenvalue weighted by Gasteiger charge is -2.34. The van der Waals surface area contributed by atoms with Gasteiger partial charge >= 0.3 is 0 Å². The Balaban J connectivity index is 1.99. The van der Waals surface area contributed by atoms with E-state index in [0.29, 0.717) is 16.9 Å². The van der Waals surface area contributed by atoms with Gasteiger partial charge in [0.15, 0.2) is 9.84 Å². The number of halogens is 1. The third-order valence-electron chi connectivity index (χ3n) is 4.79. The number of sulfone groups is 1. The van der Waals surface area contributed by atoms with Gasteiger partial charge in [0.05, 0.1) is 28.2 Å². The summed E-state index contributed by atoms with van der Waals surface area (Å²) in [6.45, 7) is 0. The number of rotatable bonds is 2. The Morgan fingerprint density at radius 2 is 2.00 bits per heavy atom. The molecule has 1 aromatic heterocycles. The number of hydrogen-bond donors (Lipinski definition) is 1. The molecule has 0 spiro atoms. The summed E-state index contributed by atoms with van der Waals surface area (Å²) in [5.74, 6) is -1.12. The summed E-state index contributed by atoms with van der Waals surface area (Å²) in [4.78, 5) is 5.78. The molecule has 3 heterocycles. The molecule has 27 heavy (non-hydrogen) atoms. The number of allylic oxidation sites excluding steroid dienone is 3. The van der Waals surface area contributed by atoms with Crippen LogP contribution in [0, 0.1) is 17.1 Å². The van der Waals surface area contributed by atoms with Crippen LogP contribution in [0.3, 0.4) is 0 Å². The average Bonchev–Trinajstić information content (AvgIpc) is 2.97. The van der Waals surface area contributed by atoms with Crippen molar-refractivity contribution in [2.24, 2.45) is 5.73 Å². The molecule has 8 heteroatoms. The van der Waals surface area contributed by atoms with Crippen LogP contribution in [0.15, 0.2) is 70.8 Å². The Hall–Kier alpha value is -3.18. The summed E-state index contributed by atoms with van der Waals surface area (Å²) in [7, 11) is -3.56. The van der Waals surface area contributed by atoms with Crippen LogP contribution in [0.25, 0.3) is 0 Å². The van der Waals surface area contributed by atoms with Crippen LogP contribution in [0.1, 0.15) is 17.9 Å². The molecule has 1 aromatic carbocycles. The van der Waals surface area contributed by atoms with E-state index in [4.69, 9.17) is 5.73 Å². The maximum absolute atomic E-state index is 13.3. The van der Waals surface area contributed by atoms with Gasteiger partial charge in [-0.1, -0.05) is 6.07 Å². The molecule has 4 rings (SSSR count). The van der Waals surface area contributed by atoms with Gasteiger partial charge in [0.2, 0.25) is 0 Å². The smallest absolute Gasteiger partial charge is 0.177 e. The van der Waals surface area contributed by atoms with Crippen LogP contribution < -0.4 is 10.6 Å². The zero-order valence-corrected chi connectivity index (χ0v) is 14.9. The zero-order chi connectivity index (χ0) is 19.2. The lowest BCUT2D eigenvalue weighted by molar-refractivity contribution is 0.602. The van der Waals surface area contributed by atoms with E-state index < -0.39 is 21.6 Å². The van der Waals surface area contributed by atoms with E-state index in [0.717, 1.165) is 0 Å². The molecule has 0 aliphatic carbocycles. The van der Waals surface area contributed by atoms with E-state index in [1.165, 1.54) is 24.3 Å². The summed E-state index contributed by atoms with van der Waals surface area (Å²) in [6.07, 6.45) is 3.39. The average molecular weight is 382 g/mol. The van der Waals surface area contributed by atoms with E-state index >= 15 is 0 Å². The van der Waals surface area contributed by atoms with Crippen LogP contribution in [-0.4, -0.2) is 19.2 Å². The maximum Gasteiger partial charge on any atom is 0.177 e. The second kappa shape index (κ2) is 6.21. The van der Waals surface area contributed by atoms with Gasteiger partial charge in [0.25, 0.3) is 0 Å². The van der Waals surface area contributed by atoms with Gasteiger partial charge in [-0.3, -0.25) is 9.88 Å². The number of pyridine rings is 1. The van der Waals surface area contributed by atoms with E-state index in [1.807, 2.05) is 0 Å². The largest absolute Gasteiger partial charge is 0.384 e. The molecule has 0 saturated carbocycles. The lowest BCUT2D eigenvalue weighted by atomic mass is 9.88. The highest BCUT2D eigenvalue weighted by Gasteiger charge is 2.45. The van der Waals surface area contributed by atoms with Crippen molar-refractivity contribution in [3.05, 3.63) is 82.2 Å². The Morgan fingerprint density at radius 1 is 1.26 bits per heavy atom. The van der Waals surface area contributed by atoms with Gasteiger partial charge in [0.1, 0.15) is 11.6 Å². The van der Waals surface area contributed by atoms with Gasteiger partial charge in [-0.15, -0.1) is 0 Å². The Labute approximate surface area is 156 Å². The SMILES string of the molecule is N#CC1=C(N)N(c2ccc(F)cc2)C2=C([C@@H]1c1cccnc1)S(=O)(=O)CC2. The summed E-state index contributed by atoms with van der Waals surface area (Å²) in [5.41, 5.74) is 8.07. The molecule has 2 aliphatic rings. The normalized spacial score (nSPS) is 21.2. The fourth-order valence-electron chi connectivity index (χ4n) is 3.63. The number of nitrogens with zero attached hydrogens (tertiary/aromatic N) is 3. The Bertz CT molecular complexity index is 1120. The van der Waals surface area contributed by atoms with Crippen molar-refractivity contribution in [2.75, 3.05) is 10.7 Å². The summed E-state index contributed by atoms with van der Waals surface area (Å²) in [5, 5.41) is 9.78. The number of nitrogens with two attached hydrogens (primary N) is 1. The van der Waals surface area contributed by atoms with Crippen LogP contribution in [0.4, 0.5) is 10.1 Å². The number of anilines is 1. The molecule has 0 unspecified atom stereocenters. The van der Waals surface area contributed by atoms with E-state index in [2.05, 4.69) is 11.1 Å². The molecule has 6 nitrogen and oxygen atoms in total. The van der Waals surface area contributed by atoms with Crippen LogP contribution >= 0.6 is 0 Å². The highest BCUT2D eigenvalue weighted by molar-refractivity contribution is 7.95. The molecule has 2 aromatic rings. The van der Waals surface area contributed by atoms with Gasteiger partial charge in [0, 0.05) is 30.2 Å². The topological polar surface area (TPSA) is 100 Å². The van der Waals surface area contributed by atoms with Gasteiger partial charge < -0.3 is 5.73 Å². The zero-order valence-electron chi connectivity index (χ0n) is 14.1. The number of benzene rings is 1. The first-order valence-corrected chi connectivity index (χ1v) is 9.90. The minimum Gasteiger partial charge on any atom is -0.384 e. The van der Waals surface area contributed by atoms with Crippen molar-refractivity contribution in [3.8, 4) is 6.07 Å². The van der Waals surface area contributed by atoms with Crippen molar-refractivity contribution in [1.29, 1.82) is 5.26 Å². The van der Waals surface area contributed by atoms with Crippen molar-refractivity contribution in [1.82, 2.24) is 4.98 Å². The Morgan fingerprint density at radius 3 is 2.63 bits per heavy atom. The molecule has 2 N–H and O–H groups in total. The predicted octanol–water partition coefficient (Wildman–Crippen LogP) is 2.55. The maximum atomic E-state index is 13.3. The van der Waals surface area contributed by atoms with Crippen LogP contribution in [0.2, 0.25) is 0 Å². The summed E-state index contributed by atoms with van der Waals surface area (Å²) >= 11 is 0. The van der Waals surface area contributed by atoms with Crippen molar-refractivity contribution >= 4 is 15.5 Å². The predicted molar refractivity (Wildman–Crippen MR) is 98.1 cm³/mol. The minimum atomic E-state index is -3.56. The third-order valence-corrected chi connectivity index (χ3v) is 6.67. The fourth-order valence-corrected chi connectivity index (χ4v) is 5.48. The molecular formula is C19H15FN4O2S. The van der Waals surface area contributed by atoms with E-state index in [9.17, 15) is 18.1 Å². The van der Waals surface area contributed by atoms with Crippen molar-refractivity contribution < 1.29 is 12.8 Å². The van der Waals surface area contributed by atoms with E-state index in [1.54, 1.807) is 29.4 Å². The first-order chi connectivity index (χ1) is 12.9. The van der Waals surface area contributed by atoms with Crippen molar-refractivity contribution in [3.63, 3.8) is 0 Å². The molecule has 2 aliphatic heterocycles. The highest BCUT2D eigenvalue weighted by atomic mass is 32.2. The standard InChI is InChI=1S/C19H15FN4O2S/c20-13-3-5-14(6-4-13)24-16-7-9-27(25,26)18(16)17(15(10-21)19(24)22)12-2-1-8-23-11-12/h1-6,8,11,17H,7,9,22H2/t17-/m1/s1. The molecule has 0 fully saturated rings. The van der Waals surface area contributed by atoms with Gasteiger partial charge in [-0.25, -0.2) is 12.8 Å². The van der Waals surface area contributed by atoms with E-state index in [-0.39, 0.29) is 28.5 Å². The fraction of sp³-hybridized carbons (Fsp3) is 0.158. The summed E-state index contributed by atoms with van der Waals surface area (Å²) < 4.78 is 39.0. The first kappa shape index (κ1) is 17.2. The number of aromatic nitrogens is 1. The quantitative estimate of drug-likeness (QED) is 0.857. The molecule has 0 amide bonds. The molecule has 0 saturated heterocycles. The van der Waals surface area contributed by atoms with Crippen LogP contribution in [0.5, 0.6) is 0 Å². The Kier molecular flexibility index (Phi) is 3.97. The highest BCUT2D eigenvalue weighted by Crippen LogP contribution is 2.48. The summed E-state index contributed by atoms with van der Waals surface area (Å²) in [6, 6.07) is 11.1. The first-order valence-electron chi connectivity index (χ1n) is 8.25. The molecule has 1 atom stereocenters. The van der Waals surface area contributed by atoms with Gasteiger partial charge in [-0.05, 0) is 35.9 Å². The molecule has 0 bridgehead atoms. The molecule has 136 valence electrons. The van der Waals surface area contributed by atoms with Crippen LogP contribution in [-0.2, 0) is 9.84 Å². The minimum absolute atomic E-state index is 0.0574. The lowest BCUT2D eigenvalue weighted by Crippen LogP contribution is -2.34. The third kappa shape index (κ3) is 2.67. The molecular weight excluding hydrogens is 367 g/mol. The second-order valence-electron chi connectivity index (χ2n) is 6.32. The number of hydrogen-bond acceptors (Lipinski definition) is 6. The van der Waals surface area contributed by atoms with Crippen molar-refractivity contribution in [2.45, 2.75) is 12.3 Å². The monoisotopic (exact) mass is 382 g/mol. The number of nitriles is 1. The van der Waals surface area contributed by atoms with Gasteiger partial charge in [-0.2, -0.15) is 5.26 Å².